The molecule has 0 bridgehead atoms. The molecule has 1 aliphatic rings. The summed E-state index contributed by atoms with van der Waals surface area (Å²) in [4.78, 5) is 26.4. The zero-order chi connectivity index (χ0) is 18.7. The van der Waals surface area contributed by atoms with Crippen molar-refractivity contribution in [1.82, 2.24) is 15.1 Å². The fraction of sp³-hybridized carbons (Fsp3) is 0.476. The summed E-state index contributed by atoms with van der Waals surface area (Å²) in [5, 5.41) is 7.38. The maximum atomic E-state index is 12.5. The molecule has 1 aliphatic heterocycles. The van der Waals surface area contributed by atoms with Gasteiger partial charge in [-0.1, -0.05) is 43.7 Å². The number of nitrogens with zero attached hydrogens (tertiary/aromatic N) is 2. The number of hydrogen-bond acceptors (Lipinski definition) is 3. The Labute approximate surface area is 154 Å². The molecule has 1 saturated heterocycles. The maximum absolute atomic E-state index is 12.5. The lowest BCUT2D eigenvalue weighted by atomic mass is 9.90. The second-order valence-electron chi connectivity index (χ2n) is 7.67. The minimum absolute atomic E-state index is 0.179. The van der Waals surface area contributed by atoms with Gasteiger partial charge in [-0.2, -0.15) is 5.10 Å². The Hall–Kier alpha value is -2.43. The van der Waals surface area contributed by atoms with Crippen molar-refractivity contribution in [3.05, 3.63) is 41.7 Å². The molecule has 26 heavy (non-hydrogen) atoms. The summed E-state index contributed by atoms with van der Waals surface area (Å²) in [7, 11) is 0. The van der Waals surface area contributed by atoms with Crippen LogP contribution in [0.2, 0.25) is 0 Å². The van der Waals surface area contributed by atoms with Gasteiger partial charge in [-0.3, -0.25) is 14.7 Å². The van der Waals surface area contributed by atoms with E-state index in [4.69, 9.17) is 0 Å². The van der Waals surface area contributed by atoms with Crippen LogP contribution in [0.4, 0.5) is 0 Å². The molecular formula is C21H27N3O2. The molecule has 1 amide bonds. The molecular weight excluding hydrogens is 326 g/mol. The maximum Gasteiger partial charge on any atom is 0.289 e. The first-order chi connectivity index (χ1) is 12.5. The number of rotatable bonds is 5. The van der Waals surface area contributed by atoms with Crippen LogP contribution in [0.5, 0.6) is 0 Å². The van der Waals surface area contributed by atoms with Crippen molar-refractivity contribution >= 4 is 11.7 Å². The van der Waals surface area contributed by atoms with Crippen molar-refractivity contribution in [3.8, 4) is 11.1 Å². The molecule has 1 fully saturated rings. The Morgan fingerprint density at radius 1 is 1.27 bits per heavy atom. The molecule has 3 rings (SSSR count). The summed E-state index contributed by atoms with van der Waals surface area (Å²) in [6, 6.07) is 8.38. The lowest BCUT2D eigenvalue weighted by molar-refractivity contribution is -0.145. The molecule has 5 heteroatoms. The van der Waals surface area contributed by atoms with Crippen LogP contribution in [0.25, 0.3) is 11.1 Å². The Balaban J connectivity index is 1.76. The summed E-state index contributed by atoms with van der Waals surface area (Å²) >= 11 is 0. The van der Waals surface area contributed by atoms with Crippen molar-refractivity contribution in [3.63, 3.8) is 0 Å². The van der Waals surface area contributed by atoms with E-state index < -0.39 is 0 Å². The quantitative estimate of drug-likeness (QED) is 0.834. The third-order valence-electron chi connectivity index (χ3n) is 4.98. The lowest BCUT2D eigenvalue weighted by Gasteiger charge is -2.32. The number of ketones is 1. The van der Waals surface area contributed by atoms with Crippen molar-refractivity contribution in [2.24, 2.45) is 5.92 Å². The summed E-state index contributed by atoms with van der Waals surface area (Å²) in [6.07, 6.45) is 4.06. The van der Waals surface area contributed by atoms with Crippen LogP contribution in [0.1, 0.15) is 50.3 Å². The van der Waals surface area contributed by atoms with Crippen LogP contribution in [-0.4, -0.2) is 39.9 Å². The third-order valence-corrected chi connectivity index (χ3v) is 4.98. The zero-order valence-electron chi connectivity index (χ0n) is 15.8. The number of carbonyl (C=O) groups excluding carboxylic acids is 2. The molecule has 1 N–H and O–H groups in total. The van der Waals surface area contributed by atoms with Gasteiger partial charge < -0.3 is 4.90 Å². The largest absolute Gasteiger partial charge is 0.335 e. The number of aromatic amines is 1. The highest BCUT2D eigenvalue weighted by Gasteiger charge is 2.30. The molecule has 1 aromatic heterocycles. The van der Waals surface area contributed by atoms with Gasteiger partial charge in [0.15, 0.2) is 0 Å². The average Bonchev–Trinajstić information content (AvgIpc) is 3.11. The van der Waals surface area contributed by atoms with Gasteiger partial charge in [-0.25, -0.2) is 0 Å². The molecule has 2 aromatic rings. The van der Waals surface area contributed by atoms with Crippen LogP contribution in [0.3, 0.4) is 0 Å². The first-order valence-electron chi connectivity index (χ1n) is 9.38. The Morgan fingerprint density at radius 2 is 2.00 bits per heavy atom. The van der Waals surface area contributed by atoms with Crippen molar-refractivity contribution in [1.29, 1.82) is 0 Å². The van der Waals surface area contributed by atoms with Crippen LogP contribution >= 0.6 is 0 Å². The number of H-pyrrole nitrogens is 1. The monoisotopic (exact) mass is 353 g/mol. The highest BCUT2D eigenvalue weighted by Crippen LogP contribution is 2.33. The first kappa shape index (κ1) is 18.4. The van der Waals surface area contributed by atoms with Crippen LogP contribution in [0, 0.1) is 12.8 Å². The minimum Gasteiger partial charge on any atom is -0.335 e. The van der Waals surface area contributed by atoms with E-state index in [0.717, 1.165) is 29.7 Å². The minimum atomic E-state index is -0.334. The second-order valence-corrected chi connectivity index (χ2v) is 7.67. The third kappa shape index (κ3) is 4.03. The molecule has 1 aromatic carbocycles. The fourth-order valence-corrected chi connectivity index (χ4v) is 3.60. The Bertz CT molecular complexity index is 777. The van der Waals surface area contributed by atoms with E-state index in [9.17, 15) is 9.59 Å². The molecule has 138 valence electrons. The van der Waals surface area contributed by atoms with Gasteiger partial charge in [0.1, 0.15) is 0 Å². The predicted molar refractivity (Wildman–Crippen MR) is 102 cm³/mol. The molecule has 2 heterocycles. The SMILES string of the molecule is Cc1ccc(-c2cn[nH]c2C2CCCN(C(=O)C(=O)CC(C)C)C2)cc1. The summed E-state index contributed by atoms with van der Waals surface area (Å²) in [6.45, 7) is 7.22. The smallest absolute Gasteiger partial charge is 0.289 e. The van der Waals surface area contributed by atoms with Gasteiger partial charge in [0, 0.05) is 36.7 Å². The Kier molecular flexibility index (Phi) is 5.55. The van der Waals surface area contributed by atoms with Crippen LogP contribution in [-0.2, 0) is 9.59 Å². The van der Waals surface area contributed by atoms with E-state index in [1.54, 1.807) is 4.90 Å². The number of aromatic nitrogens is 2. The summed E-state index contributed by atoms with van der Waals surface area (Å²) in [5.41, 5.74) is 4.48. The number of carbonyl (C=O) groups is 2. The van der Waals surface area contributed by atoms with E-state index in [1.807, 2.05) is 20.0 Å². The van der Waals surface area contributed by atoms with Crippen molar-refractivity contribution in [2.75, 3.05) is 13.1 Å². The molecule has 0 spiro atoms. The van der Waals surface area contributed by atoms with Gasteiger partial charge >= 0.3 is 0 Å². The summed E-state index contributed by atoms with van der Waals surface area (Å²) < 4.78 is 0. The molecule has 0 aliphatic carbocycles. The number of benzene rings is 1. The van der Waals surface area contributed by atoms with E-state index in [0.29, 0.717) is 19.5 Å². The molecule has 0 radical (unpaired) electrons. The van der Waals surface area contributed by atoms with Gasteiger partial charge in [0.05, 0.1) is 6.20 Å². The number of hydrogen-bond donors (Lipinski definition) is 1. The van der Waals surface area contributed by atoms with Gasteiger partial charge in [0.25, 0.3) is 5.91 Å². The number of Topliss-reactive ketones (excluding diaryl/α,β-unsaturated/α-hetero) is 1. The van der Waals surface area contributed by atoms with Crippen molar-refractivity contribution in [2.45, 2.75) is 46.0 Å². The van der Waals surface area contributed by atoms with Gasteiger partial charge in [-0.15, -0.1) is 0 Å². The van der Waals surface area contributed by atoms with Gasteiger partial charge in [-0.05, 0) is 31.2 Å². The lowest BCUT2D eigenvalue weighted by Crippen LogP contribution is -2.43. The second kappa shape index (κ2) is 7.85. The average molecular weight is 353 g/mol. The zero-order valence-corrected chi connectivity index (χ0v) is 15.8. The standard InChI is InChI=1S/C21H27N3O2/c1-14(2)11-19(25)21(26)24-10-4-5-17(13-24)20-18(12-22-23-20)16-8-6-15(3)7-9-16/h6-9,12,14,17H,4-5,10-11,13H2,1-3H3,(H,22,23). The normalized spacial score (nSPS) is 17.5. The van der Waals surface area contributed by atoms with E-state index >= 15 is 0 Å². The summed E-state index contributed by atoms with van der Waals surface area (Å²) in [5.74, 6) is -0.227. The first-order valence-corrected chi connectivity index (χ1v) is 9.38. The number of amides is 1. The fourth-order valence-electron chi connectivity index (χ4n) is 3.60. The van der Waals surface area contributed by atoms with E-state index in [-0.39, 0.29) is 23.5 Å². The number of nitrogens with one attached hydrogen (secondary N) is 1. The Morgan fingerprint density at radius 3 is 2.69 bits per heavy atom. The number of aryl methyl sites for hydroxylation is 1. The molecule has 1 unspecified atom stereocenters. The number of likely N-dealkylation sites (tertiary alicyclic amines) is 1. The van der Waals surface area contributed by atoms with Crippen LogP contribution < -0.4 is 0 Å². The topological polar surface area (TPSA) is 66.1 Å². The molecule has 0 saturated carbocycles. The molecule has 1 atom stereocenters. The highest BCUT2D eigenvalue weighted by molar-refractivity contribution is 6.36. The van der Waals surface area contributed by atoms with Crippen molar-refractivity contribution < 1.29 is 9.59 Å². The molecule has 5 nitrogen and oxygen atoms in total. The van der Waals surface area contributed by atoms with Gasteiger partial charge in [0.2, 0.25) is 5.78 Å². The van der Waals surface area contributed by atoms with E-state index in [2.05, 4.69) is 41.4 Å². The van der Waals surface area contributed by atoms with E-state index in [1.165, 1.54) is 5.56 Å². The highest BCUT2D eigenvalue weighted by atomic mass is 16.2. The predicted octanol–water partition coefficient (Wildman–Crippen LogP) is 3.71. The number of piperidine rings is 1. The van der Waals surface area contributed by atoms with Crippen LogP contribution in [0.15, 0.2) is 30.5 Å².